The highest BCUT2D eigenvalue weighted by Gasteiger charge is 2.28. The summed E-state index contributed by atoms with van der Waals surface area (Å²) in [5.41, 5.74) is 5.34. The van der Waals surface area contributed by atoms with Crippen molar-refractivity contribution >= 4 is 17.5 Å². The van der Waals surface area contributed by atoms with Crippen molar-refractivity contribution in [1.29, 1.82) is 0 Å². The molecular weight excluding hydrogens is 404 g/mol. The standard InChI is InChI=1S/C22H27F2N5O2/c1-31-17-9-8-16(23)19(24)18(17)20(30)15-12-26-22(28-21(15)25)27-13-4-6-14(7-5-13)29-10-2-3-11-29/h8-9,12-14H,2-7,10-11H2,1H3,(H3,25,26,27,28). The highest BCUT2D eigenvalue weighted by molar-refractivity contribution is 6.13. The zero-order valence-electron chi connectivity index (χ0n) is 17.5. The number of likely N-dealkylation sites (tertiary alicyclic amines) is 1. The van der Waals surface area contributed by atoms with Crippen molar-refractivity contribution in [3.05, 3.63) is 41.1 Å². The third kappa shape index (κ3) is 4.46. The third-order valence-corrected chi connectivity index (χ3v) is 6.25. The Morgan fingerprint density at radius 1 is 1.19 bits per heavy atom. The molecule has 1 aliphatic carbocycles. The summed E-state index contributed by atoms with van der Waals surface area (Å²) in [6, 6.07) is 2.98. The zero-order valence-corrected chi connectivity index (χ0v) is 17.5. The molecular formula is C22H27F2N5O2. The number of hydrogen-bond donors (Lipinski definition) is 2. The van der Waals surface area contributed by atoms with Gasteiger partial charge in [-0.1, -0.05) is 0 Å². The van der Waals surface area contributed by atoms with Crippen molar-refractivity contribution in [2.75, 3.05) is 31.2 Å². The number of nitrogens with one attached hydrogen (secondary N) is 1. The van der Waals surface area contributed by atoms with Crippen molar-refractivity contribution < 1.29 is 18.3 Å². The first-order valence-electron chi connectivity index (χ1n) is 10.7. The molecule has 1 aromatic heterocycles. The monoisotopic (exact) mass is 431 g/mol. The number of methoxy groups -OCH3 is 1. The molecule has 0 bridgehead atoms. The van der Waals surface area contributed by atoms with E-state index in [0.29, 0.717) is 12.0 Å². The lowest BCUT2D eigenvalue weighted by Crippen LogP contribution is -2.39. The average Bonchev–Trinajstić information content (AvgIpc) is 3.31. The molecule has 3 N–H and O–H groups in total. The number of ether oxygens (including phenoxy) is 1. The van der Waals surface area contributed by atoms with E-state index in [1.54, 1.807) is 0 Å². The van der Waals surface area contributed by atoms with Crippen LogP contribution in [0, 0.1) is 11.6 Å². The molecule has 0 amide bonds. The Morgan fingerprint density at radius 2 is 1.90 bits per heavy atom. The number of carbonyl (C=O) groups is 1. The van der Waals surface area contributed by atoms with Gasteiger partial charge in [0.15, 0.2) is 11.6 Å². The molecule has 0 atom stereocenters. The molecule has 9 heteroatoms. The molecule has 2 heterocycles. The van der Waals surface area contributed by atoms with Gasteiger partial charge in [-0.25, -0.2) is 13.8 Å². The zero-order chi connectivity index (χ0) is 22.0. The molecule has 0 radical (unpaired) electrons. The number of ketones is 1. The van der Waals surface area contributed by atoms with Gasteiger partial charge in [0.25, 0.3) is 0 Å². The number of nitrogens with two attached hydrogens (primary N) is 1. The minimum absolute atomic E-state index is 0.0831. The molecule has 4 rings (SSSR count). The van der Waals surface area contributed by atoms with Crippen LogP contribution in [0.25, 0.3) is 0 Å². The Kier molecular flexibility index (Phi) is 6.31. The van der Waals surface area contributed by atoms with Crippen LogP contribution in [0.5, 0.6) is 5.75 Å². The molecule has 0 spiro atoms. The number of halogens is 2. The third-order valence-electron chi connectivity index (χ3n) is 6.25. The Balaban J connectivity index is 1.44. The number of nitrogen functional groups attached to an aromatic ring is 1. The first-order valence-corrected chi connectivity index (χ1v) is 10.7. The lowest BCUT2D eigenvalue weighted by atomic mass is 9.90. The number of carbonyl (C=O) groups excluding carboxylic acids is 1. The predicted molar refractivity (Wildman–Crippen MR) is 113 cm³/mol. The van der Waals surface area contributed by atoms with Crippen molar-refractivity contribution in [3.63, 3.8) is 0 Å². The number of benzene rings is 1. The van der Waals surface area contributed by atoms with Crippen LogP contribution < -0.4 is 15.8 Å². The van der Waals surface area contributed by atoms with Gasteiger partial charge in [-0.2, -0.15) is 4.98 Å². The van der Waals surface area contributed by atoms with Crippen LogP contribution in [0.3, 0.4) is 0 Å². The van der Waals surface area contributed by atoms with Gasteiger partial charge in [0, 0.05) is 18.3 Å². The van der Waals surface area contributed by atoms with Gasteiger partial charge >= 0.3 is 0 Å². The van der Waals surface area contributed by atoms with Gasteiger partial charge in [0.1, 0.15) is 17.1 Å². The molecule has 2 fully saturated rings. The van der Waals surface area contributed by atoms with E-state index in [1.807, 2.05) is 0 Å². The molecule has 0 unspecified atom stereocenters. The summed E-state index contributed by atoms with van der Waals surface area (Å²) < 4.78 is 32.9. The van der Waals surface area contributed by atoms with Crippen molar-refractivity contribution in [2.24, 2.45) is 0 Å². The van der Waals surface area contributed by atoms with Crippen molar-refractivity contribution in [1.82, 2.24) is 14.9 Å². The molecule has 2 aromatic rings. The van der Waals surface area contributed by atoms with E-state index >= 15 is 0 Å². The second kappa shape index (κ2) is 9.13. The van der Waals surface area contributed by atoms with Crippen LogP contribution in [0.1, 0.15) is 54.4 Å². The first-order chi connectivity index (χ1) is 15.0. The molecule has 31 heavy (non-hydrogen) atoms. The fourth-order valence-corrected chi connectivity index (χ4v) is 4.56. The normalized spacial score (nSPS) is 21.8. The largest absolute Gasteiger partial charge is 0.496 e. The van der Waals surface area contributed by atoms with E-state index in [4.69, 9.17) is 10.5 Å². The van der Waals surface area contributed by atoms with Crippen LogP contribution in [0.2, 0.25) is 0 Å². The predicted octanol–water partition coefficient (Wildman–Crippen LogP) is 3.40. The lowest BCUT2D eigenvalue weighted by Gasteiger charge is -2.34. The molecule has 1 aromatic carbocycles. The summed E-state index contributed by atoms with van der Waals surface area (Å²) in [4.78, 5) is 23.8. The molecule has 2 aliphatic rings. The van der Waals surface area contributed by atoms with Gasteiger partial charge in [-0.3, -0.25) is 4.79 Å². The molecule has 7 nitrogen and oxygen atoms in total. The minimum Gasteiger partial charge on any atom is -0.496 e. The van der Waals surface area contributed by atoms with Gasteiger partial charge in [0.05, 0.1) is 12.7 Å². The Bertz CT molecular complexity index is 957. The second-order valence-electron chi connectivity index (χ2n) is 8.15. The molecule has 1 saturated heterocycles. The van der Waals surface area contributed by atoms with Crippen LogP contribution in [-0.2, 0) is 0 Å². The Morgan fingerprint density at radius 3 is 2.55 bits per heavy atom. The van der Waals surface area contributed by atoms with Gasteiger partial charge in [-0.15, -0.1) is 0 Å². The maximum atomic E-state index is 14.3. The number of anilines is 2. The number of hydrogen-bond acceptors (Lipinski definition) is 7. The van der Waals surface area contributed by atoms with Crippen LogP contribution in [0.4, 0.5) is 20.5 Å². The quantitative estimate of drug-likeness (QED) is 0.677. The SMILES string of the molecule is COc1ccc(F)c(F)c1C(=O)c1cnc(NC2CCC(N3CCCC3)CC2)nc1N. The van der Waals surface area contributed by atoms with E-state index in [2.05, 4.69) is 20.2 Å². The number of aromatic nitrogens is 2. The summed E-state index contributed by atoms with van der Waals surface area (Å²) in [6.07, 6.45) is 8.11. The maximum Gasteiger partial charge on any atom is 0.224 e. The van der Waals surface area contributed by atoms with Gasteiger partial charge < -0.3 is 20.7 Å². The molecule has 1 aliphatic heterocycles. The highest BCUT2D eigenvalue weighted by Crippen LogP contribution is 2.29. The topological polar surface area (TPSA) is 93.4 Å². The van der Waals surface area contributed by atoms with E-state index < -0.39 is 23.0 Å². The Hall–Kier alpha value is -2.81. The van der Waals surface area contributed by atoms with Crippen molar-refractivity contribution in [3.8, 4) is 5.75 Å². The van der Waals surface area contributed by atoms with Gasteiger partial charge in [0.2, 0.25) is 11.7 Å². The van der Waals surface area contributed by atoms with Crippen LogP contribution in [0.15, 0.2) is 18.3 Å². The average molecular weight is 431 g/mol. The fourth-order valence-electron chi connectivity index (χ4n) is 4.56. The van der Waals surface area contributed by atoms with E-state index in [-0.39, 0.29) is 23.2 Å². The summed E-state index contributed by atoms with van der Waals surface area (Å²) >= 11 is 0. The first kappa shape index (κ1) is 21.4. The van der Waals surface area contributed by atoms with E-state index in [1.165, 1.54) is 45.3 Å². The van der Waals surface area contributed by atoms with E-state index in [9.17, 15) is 13.6 Å². The summed E-state index contributed by atoms with van der Waals surface area (Å²) in [7, 11) is 1.27. The van der Waals surface area contributed by atoms with Crippen molar-refractivity contribution in [2.45, 2.75) is 50.6 Å². The lowest BCUT2D eigenvalue weighted by molar-refractivity contribution is 0.103. The Labute approximate surface area is 180 Å². The second-order valence-corrected chi connectivity index (χ2v) is 8.15. The molecule has 166 valence electrons. The summed E-state index contributed by atoms with van der Waals surface area (Å²) in [5, 5.41) is 3.29. The fraction of sp³-hybridized carbons (Fsp3) is 0.500. The maximum absolute atomic E-state index is 14.3. The van der Waals surface area contributed by atoms with Crippen LogP contribution in [-0.4, -0.2) is 52.9 Å². The smallest absolute Gasteiger partial charge is 0.224 e. The van der Waals surface area contributed by atoms with E-state index in [0.717, 1.165) is 31.7 Å². The summed E-state index contributed by atoms with van der Waals surface area (Å²) in [5.74, 6) is -3.12. The number of nitrogens with zero attached hydrogens (tertiary/aromatic N) is 3. The number of rotatable bonds is 6. The highest BCUT2D eigenvalue weighted by atomic mass is 19.2. The van der Waals surface area contributed by atoms with Gasteiger partial charge in [-0.05, 0) is 63.7 Å². The van der Waals surface area contributed by atoms with Crippen LogP contribution >= 0.6 is 0 Å². The minimum atomic E-state index is -1.29. The summed E-state index contributed by atoms with van der Waals surface area (Å²) in [6.45, 7) is 2.41. The molecule has 1 saturated carbocycles.